The minimum Gasteiger partial charge on any atom is -0.489 e. The van der Waals surface area contributed by atoms with Gasteiger partial charge in [-0.25, -0.2) is 4.79 Å². The van der Waals surface area contributed by atoms with Gasteiger partial charge < -0.3 is 9.84 Å². The molecule has 0 heterocycles. The number of rotatable bonds is 4. The molecule has 0 aliphatic rings. The van der Waals surface area contributed by atoms with E-state index in [2.05, 4.69) is 33.8 Å². The first-order valence-corrected chi connectivity index (χ1v) is 7.33. The van der Waals surface area contributed by atoms with Crippen LogP contribution in [0.5, 0.6) is 5.75 Å². The number of carboxylic acids is 1. The van der Waals surface area contributed by atoms with Crippen LogP contribution in [0.25, 0.3) is 0 Å². The summed E-state index contributed by atoms with van der Waals surface area (Å²) in [7, 11) is 0. The zero-order valence-electron chi connectivity index (χ0n) is 13.5. The molecule has 2 rings (SSSR count). The van der Waals surface area contributed by atoms with Crippen LogP contribution < -0.4 is 4.74 Å². The maximum atomic E-state index is 11.0. The number of hydrogen-bond acceptors (Lipinski definition) is 2. The quantitative estimate of drug-likeness (QED) is 0.899. The Kier molecular flexibility index (Phi) is 4.55. The molecule has 0 amide bonds. The zero-order chi connectivity index (χ0) is 16.3. The third-order valence-corrected chi connectivity index (χ3v) is 3.51. The highest BCUT2D eigenvalue weighted by molar-refractivity contribution is 5.87. The van der Waals surface area contributed by atoms with E-state index in [1.807, 2.05) is 18.2 Å². The van der Waals surface area contributed by atoms with Gasteiger partial charge in [0.1, 0.15) is 12.4 Å². The average Bonchev–Trinajstić information content (AvgIpc) is 2.45. The van der Waals surface area contributed by atoms with Crippen LogP contribution in [0.15, 0.2) is 42.5 Å². The highest BCUT2D eigenvalue weighted by Gasteiger charge is 2.19. The van der Waals surface area contributed by atoms with Crippen molar-refractivity contribution in [2.75, 3.05) is 0 Å². The van der Waals surface area contributed by atoms with E-state index in [4.69, 9.17) is 9.84 Å². The van der Waals surface area contributed by atoms with E-state index in [0.29, 0.717) is 6.61 Å². The second-order valence-electron chi connectivity index (χ2n) is 6.54. The van der Waals surface area contributed by atoms with Crippen molar-refractivity contribution >= 4 is 5.97 Å². The second kappa shape index (κ2) is 6.22. The van der Waals surface area contributed by atoms with Crippen LogP contribution in [-0.4, -0.2) is 11.1 Å². The Hall–Kier alpha value is -2.29. The Bertz CT molecular complexity index is 681. The topological polar surface area (TPSA) is 46.5 Å². The molecule has 0 aromatic heterocycles. The van der Waals surface area contributed by atoms with Gasteiger partial charge in [0.05, 0.1) is 5.56 Å². The van der Waals surface area contributed by atoms with Crippen LogP contribution in [0.2, 0.25) is 0 Å². The van der Waals surface area contributed by atoms with Crippen LogP contribution >= 0.6 is 0 Å². The molecule has 0 saturated carbocycles. The first kappa shape index (κ1) is 16.1. The first-order valence-electron chi connectivity index (χ1n) is 7.33. The molecule has 2 aromatic carbocycles. The van der Waals surface area contributed by atoms with Crippen LogP contribution in [0.3, 0.4) is 0 Å². The van der Waals surface area contributed by atoms with E-state index in [9.17, 15) is 4.79 Å². The van der Waals surface area contributed by atoms with Crippen LogP contribution in [0.1, 0.15) is 47.8 Å². The predicted octanol–water partition coefficient (Wildman–Crippen LogP) is 4.57. The maximum absolute atomic E-state index is 11.0. The molecule has 0 spiro atoms. The van der Waals surface area contributed by atoms with Crippen molar-refractivity contribution in [2.24, 2.45) is 0 Å². The van der Waals surface area contributed by atoms with Gasteiger partial charge in [0.15, 0.2) is 0 Å². The van der Waals surface area contributed by atoms with Gasteiger partial charge in [0.25, 0.3) is 0 Å². The number of aryl methyl sites for hydroxylation is 1. The van der Waals surface area contributed by atoms with Crippen molar-refractivity contribution in [3.63, 3.8) is 0 Å². The summed E-state index contributed by atoms with van der Waals surface area (Å²) in [5.41, 5.74) is 3.47. The van der Waals surface area contributed by atoms with Crippen molar-refractivity contribution < 1.29 is 14.6 Å². The Balaban J connectivity index is 2.22. The van der Waals surface area contributed by atoms with Crippen molar-refractivity contribution in [2.45, 2.75) is 39.7 Å². The summed E-state index contributed by atoms with van der Waals surface area (Å²) in [5.74, 6) is -0.0774. The minimum atomic E-state index is -0.924. The largest absolute Gasteiger partial charge is 0.489 e. The molecule has 3 nitrogen and oxygen atoms in total. The summed E-state index contributed by atoms with van der Waals surface area (Å²) < 4.78 is 5.95. The van der Waals surface area contributed by atoms with E-state index < -0.39 is 5.97 Å². The Morgan fingerprint density at radius 1 is 1.14 bits per heavy atom. The standard InChI is InChI=1S/C19H22O3/c1-13-8-9-17(16(10-13)19(2,3)4)22-12-14-6-5-7-15(11-14)18(20)21/h5-11H,12H2,1-4H3,(H,20,21). The predicted molar refractivity (Wildman–Crippen MR) is 87.6 cm³/mol. The summed E-state index contributed by atoms with van der Waals surface area (Å²) in [6.07, 6.45) is 0. The molecule has 0 atom stereocenters. The molecule has 0 bridgehead atoms. The second-order valence-corrected chi connectivity index (χ2v) is 6.54. The highest BCUT2D eigenvalue weighted by Crippen LogP contribution is 2.32. The number of benzene rings is 2. The Labute approximate surface area is 131 Å². The number of ether oxygens (including phenoxy) is 1. The molecule has 0 fully saturated rings. The lowest BCUT2D eigenvalue weighted by atomic mass is 9.85. The summed E-state index contributed by atoms with van der Waals surface area (Å²) in [6, 6.07) is 13.0. The summed E-state index contributed by atoms with van der Waals surface area (Å²) in [6.45, 7) is 8.88. The van der Waals surface area contributed by atoms with Gasteiger partial charge in [-0.2, -0.15) is 0 Å². The smallest absolute Gasteiger partial charge is 0.335 e. The maximum Gasteiger partial charge on any atom is 0.335 e. The van der Waals surface area contributed by atoms with E-state index in [1.165, 1.54) is 5.56 Å². The fraction of sp³-hybridized carbons (Fsp3) is 0.316. The van der Waals surface area contributed by atoms with Crippen LogP contribution in [-0.2, 0) is 12.0 Å². The number of hydrogen-bond donors (Lipinski definition) is 1. The van der Waals surface area contributed by atoms with E-state index in [1.54, 1.807) is 18.2 Å². The lowest BCUT2D eigenvalue weighted by Crippen LogP contribution is -2.14. The van der Waals surface area contributed by atoms with Gasteiger partial charge in [-0.1, -0.05) is 50.6 Å². The number of carbonyl (C=O) groups is 1. The molecular formula is C19H22O3. The molecular weight excluding hydrogens is 276 g/mol. The molecule has 1 N–H and O–H groups in total. The number of aromatic carboxylic acids is 1. The van der Waals surface area contributed by atoms with Gasteiger partial charge >= 0.3 is 5.97 Å². The third kappa shape index (κ3) is 3.88. The zero-order valence-corrected chi connectivity index (χ0v) is 13.5. The van der Waals surface area contributed by atoms with Gasteiger partial charge in [-0.3, -0.25) is 0 Å². The molecule has 0 unspecified atom stereocenters. The van der Waals surface area contributed by atoms with Gasteiger partial charge in [0, 0.05) is 0 Å². The SMILES string of the molecule is Cc1ccc(OCc2cccc(C(=O)O)c2)c(C(C)(C)C)c1. The van der Waals surface area contributed by atoms with Crippen molar-refractivity contribution in [1.29, 1.82) is 0 Å². The Morgan fingerprint density at radius 3 is 2.50 bits per heavy atom. The number of carboxylic acid groups (broad SMARTS) is 1. The third-order valence-electron chi connectivity index (χ3n) is 3.51. The average molecular weight is 298 g/mol. The van der Waals surface area contributed by atoms with Gasteiger partial charge in [-0.05, 0) is 41.7 Å². The fourth-order valence-electron chi connectivity index (χ4n) is 2.31. The molecule has 0 aliphatic heterocycles. The minimum absolute atomic E-state index is 0.00966. The molecule has 0 aliphatic carbocycles. The Morgan fingerprint density at radius 2 is 1.86 bits per heavy atom. The monoisotopic (exact) mass is 298 g/mol. The molecule has 2 aromatic rings. The summed E-state index contributed by atoms with van der Waals surface area (Å²) in [4.78, 5) is 11.0. The van der Waals surface area contributed by atoms with Crippen LogP contribution in [0, 0.1) is 6.92 Å². The van der Waals surface area contributed by atoms with Gasteiger partial charge in [0.2, 0.25) is 0 Å². The molecule has 0 saturated heterocycles. The van der Waals surface area contributed by atoms with Crippen molar-refractivity contribution in [1.82, 2.24) is 0 Å². The van der Waals surface area contributed by atoms with E-state index in [0.717, 1.165) is 16.9 Å². The molecule has 22 heavy (non-hydrogen) atoms. The lowest BCUT2D eigenvalue weighted by Gasteiger charge is -2.23. The van der Waals surface area contributed by atoms with Crippen molar-refractivity contribution in [3.8, 4) is 5.75 Å². The summed E-state index contributed by atoms with van der Waals surface area (Å²) in [5, 5.41) is 9.04. The van der Waals surface area contributed by atoms with Crippen molar-refractivity contribution in [3.05, 3.63) is 64.7 Å². The molecule has 116 valence electrons. The summed E-state index contributed by atoms with van der Waals surface area (Å²) >= 11 is 0. The molecule has 3 heteroatoms. The lowest BCUT2D eigenvalue weighted by molar-refractivity contribution is 0.0696. The normalized spacial score (nSPS) is 11.3. The van der Waals surface area contributed by atoms with E-state index >= 15 is 0 Å². The van der Waals surface area contributed by atoms with Gasteiger partial charge in [-0.15, -0.1) is 0 Å². The highest BCUT2D eigenvalue weighted by atomic mass is 16.5. The molecule has 0 radical (unpaired) electrons. The first-order chi connectivity index (χ1) is 10.3. The van der Waals surface area contributed by atoms with Crippen LogP contribution in [0.4, 0.5) is 0 Å². The fourth-order valence-corrected chi connectivity index (χ4v) is 2.31. The van der Waals surface area contributed by atoms with E-state index in [-0.39, 0.29) is 11.0 Å².